The van der Waals surface area contributed by atoms with E-state index in [4.69, 9.17) is 23.2 Å². The van der Waals surface area contributed by atoms with Crippen molar-refractivity contribution in [1.82, 2.24) is 9.80 Å². The van der Waals surface area contributed by atoms with Crippen molar-refractivity contribution in [3.63, 3.8) is 0 Å². The number of piperazine rings is 1. The first kappa shape index (κ1) is 14.8. The fourth-order valence-electron chi connectivity index (χ4n) is 1.90. The molecule has 1 saturated heterocycles. The Morgan fingerprint density at radius 1 is 1.12 bits per heavy atom. The van der Waals surface area contributed by atoms with Gasteiger partial charge in [0, 0.05) is 42.8 Å². The lowest BCUT2D eigenvalue weighted by Crippen LogP contribution is -2.43. The van der Waals surface area contributed by atoms with Gasteiger partial charge < -0.3 is 4.90 Å². The molecule has 0 unspecified atom stereocenters. The maximum atomic E-state index is 6.16. The van der Waals surface area contributed by atoms with Gasteiger partial charge in [0.1, 0.15) is 0 Å². The standard InChI is InChI=1S/C12H16Cl2N2.CH4/c1-15-4-6-16(7-5-15)9-10-2-3-11(13)8-12(10)14;/h2-3,8H,4-7,9H2,1H3;1H4. The molecule has 0 N–H and O–H groups in total. The van der Waals surface area contributed by atoms with Gasteiger partial charge in [-0.1, -0.05) is 36.7 Å². The van der Waals surface area contributed by atoms with Crippen LogP contribution in [-0.2, 0) is 6.54 Å². The van der Waals surface area contributed by atoms with Crippen LogP contribution in [0.15, 0.2) is 18.2 Å². The third-order valence-corrected chi connectivity index (χ3v) is 3.59. The van der Waals surface area contributed by atoms with E-state index in [-0.39, 0.29) is 7.43 Å². The van der Waals surface area contributed by atoms with Crippen LogP contribution in [0.4, 0.5) is 0 Å². The molecule has 0 amide bonds. The predicted molar refractivity (Wildman–Crippen MR) is 76.0 cm³/mol. The molecule has 96 valence electrons. The molecule has 1 aliphatic rings. The van der Waals surface area contributed by atoms with Crippen molar-refractivity contribution in [1.29, 1.82) is 0 Å². The monoisotopic (exact) mass is 274 g/mol. The number of rotatable bonds is 2. The van der Waals surface area contributed by atoms with Crippen LogP contribution in [0.5, 0.6) is 0 Å². The Hall–Kier alpha value is -0.280. The lowest BCUT2D eigenvalue weighted by molar-refractivity contribution is 0.148. The molecule has 1 fully saturated rings. The highest BCUT2D eigenvalue weighted by molar-refractivity contribution is 6.35. The summed E-state index contributed by atoms with van der Waals surface area (Å²) in [7, 11) is 2.16. The number of halogens is 2. The van der Waals surface area contributed by atoms with E-state index in [2.05, 4.69) is 16.8 Å². The molecule has 0 aromatic heterocycles. The average Bonchev–Trinajstić information content (AvgIpc) is 2.25. The van der Waals surface area contributed by atoms with E-state index in [1.165, 1.54) is 0 Å². The highest BCUT2D eigenvalue weighted by Gasteiger charge is 2.14. The zero-order valence-electron chi connectivity index (χ0n) is 9.42. The zero-order chi connectivity index (χ0) is 11.5. The smallest absolute Gasteiger partial charge is 0.0465 e. The molecule has 1 aromatic carbocycles. The van der Waals surface area contributed by atoms with Crippen LogP contribution in [0.3, 0.4) is 0 Å². The van der Waals surface area contributed by atoms with E-state index in [1.807, 2.05) is 18.2 Å². The summed E-state index contributed by atoms with van der Waals surface area (Å²) in [4.78, 5) is 4.77. The fourth-order valence-corrected chi connectivity index (χ4v) is 2.37. The lowest BCUT2D eigenvalue weighted by atomic mass is 10.2. The van der Waals surface area contributed by atoms with Crippen molar-refractivity contribution in [3.8, 4) is 0 Å². The van der Waals surface area contributed by atoms with E-state index in [0.717, 1.165) is 43.3 Å². The second-order valence-corrected chi connectivity index (χ2v) is 5.16. The largest absolute Gasteiger partial charge is 0.304 e. The van der Waals surface area contributed by atoms with Gasteiger partial charge in [-0.2, -0.15) is 0 Å². The first-order chi connectivity index (χ1) is 7.65. The molecule has 2 nitrogen and oxygen atoms in total. The molecule has 2 rings (SSSR count). The summed E-state index contributed by atoms with van der Waals surface area (Å²) in [6.07, 6.45) is 0. The summed E-state index contributed by atoms with van der Waals surface area (Å²) in [5.74, 6) is 0. The van der Waals surface area contributed by atoms with Crippen molar-refractivity contribution < 1.29 is 0 Å². The van der Waals surface area contributed by atoms with Gasteiger partial charge in [-0.25, -0.2) is 0 Å². The minimum atomic E-state index is 0. The van der Waals surface area contributed by atoms with Crippen molar-refractivity contribution in [2.24, 2.45) is 0 Å². The first-order valence-corrected chi connectivity index (χ1v) is 6.25. The van der Waals surface area contributed by atoms with Crippen LogP contribution in [0, 0.1) is 0 Å². The first-order valence-electron chi connectivity index (χ1n) is 5.50. The average molecular weight is 275 g/mol. The Kier molecular flexibility index (Phi) is 5.74. The summed E-state index contributed by atoms with van der Waals surface area (Å²) < 4.78 is 0. The Morgan fingerprint density at radius 3 is 2.35 bits per heavy atom. The van der Waals surface area contributed by atoms with E-state index < -0.39 is 0 Å². The van der Waals surface area contributed by atoms with Crippen molar-refractivity contribution in [3.05, 3.63) is 33.8 Å². The SMILES string of the molecule is C.CN1CCN(Cc2ccc(Cl)cc2Cl)CC1. The second kappa shape index (κ2) is 6.60. The van der Waals surface area contributed by atoms with Gasteiger partial charge in [0.25, 0.3) is 0 Å². The molecular weight excluding hydrogens is 255 g/mol. The van der Waals surface area contributed by atoms with Crippen LogP contribution in [0.2, 0.25) is 10.0 Å². The number of hydrogen-bond donors (Lipinski definition) is 0. The van der Waals surface area contributed by atoms with Gasteiger partial charge in [0.15, 0.2) is 0 Å². The topological polar surface area (TPSA) is 6.48 Å². The zero-order valence-corrected chi connectivity index (χ0v) is 10.9. The molecule has 1 aromatic rings. The summed E-state index contributed by atoms with van der Waals surface area (Å²) in [6, 6.07) is 5.73. The molecule has 17 heavy (non-hydrogen) atoms. The lowest BCUT2D eigenvalue weighted by Gasteiger charge is -2.32. The predicted octanol–water partition coefficient (Wildman–Crippen LogP) is 3.38. The molecule has 0 aliphatic carbocycles. The van der Waals surface area contributed by atoms with Gasteiger partial charge in [-0.05, 0) is 24.7 Å². The van der Waals surface area contributed by atoms with Gasteiger partial charge in [-0.15, -0.1) is 0 Å². The van der Waals surface area contributed by atoms with Crippen molar-refractivity contribution >= 4 is 23.2 Å². The Labute approximate surface area is 114 Å². The normalized spacial score (nSPS) is 17.8. The summed E-state index contributed by atoms with van der Waals surface area (Å²) in [5.41, 5.74) is 1.16. The van der Waals surface area contributed by atoms with Gasteiger partial charge in [0.2, 0.25) is 0 Å². The fraction of sp³-hybridized carbons (Fsp3) is 0.538. The maximum Gasteiger partial charge on any atom is 0.0465 e. The third-order valence-electron chi connectivity index (χ3n) is 3.00. The summed E-state index contributed by atoms with van der Waals surface area (Å²) in [6.45, 7) is 5.39. The van der Waals surface area contributed by atoms with Gasteiger partial charge >= 0.3 is 0 Å². The van der Waals surface area contributed by atoms with Crippen LogP contribution in [0.1, 0.15) is 13.0 Å². The molecular formula is C13H20Cl2N2. The highest BCUT2D eigenvalue weighted by Crippen LogP contribution is 2.22. The summed E-state index contributed by atoms with van der Waals surface area (Å²) >= 11 is 12.0. The second-order valence-electron chi connectivity index (χ2n) is 4.32. The molecule has 0 atom stereocenters. The van der Waals surface area contributed by atoms with E-state index in [9.17, 15) is 0 Å². The van der Waals surface area contributed by atoms with Gasteiger partial charge in [-0.3, -0.25) is 4.90 Å². The molecule has 0 saturated carbocycles. The van der Waals surface area contributed by atoms with Gasteiger partial charge in [0.05, 0.1) is 0 Å². The van der Waals surface area contributed by atoms with Crippen molar-refractivity contribution in [2.45, 2.75) is 14.0 Å². The Morgan fingerprint density at radius 2 is 1.76 bits per heavy atom. The Balaban J connectivity index is 0.00000144. The van der Waals surface area contributed by atoms with Crippen LogP contribution < -0.4 is 0 Å². The van der Waals surface area contributed by atoms with E-state index >= 15 is 0 Å². The number of hydrogen-bond acceptors (Lipinski definition) is 2. The molecule has 0 spiro atoms. The summed E-state index contributed by atoms with van der Waals surface area (Å²) in [5, 5.41) is 1.47. The van der Waals surface area contributed by atoms with Crippen LogP contribution >= 0.6 is 23.2 Å². The molecule has 0 bridgehead atoms. The highest BCUT2D eigenvalue weighted by atomic mass is 35.5. The van der Waals surface area contributed by atoms with Crippen molar-refractivity contribution in [2.75, 3.05) is 33.2 Å². The number of benzene rings is 1. The van der Waals surface area contributed by atoms with Crippen LogP contribution in [0.25, 0.3) is 0 Å². The molecule has 1 heterocycles. The number of nitrogens with zero attached hydrogens (tertiary/aromatic N) is 2. The molecule has 1 aliphatic heterocycles. The quantitative estimate of drug-likeness (QED) is 0.816. The Bertz CT molecular complexity index is 360. The minimum Gasteiger partial charge on any atom is -0.304 e. The van der Waals surface area contributed by atoms with E-state index in [0.29, 0.717) is 5.02 Å². The maximum absolute atomic E-state index is 6.16. The van der Waals surface area contributed by atoms with E-state index in [1.54, 1.807) is 0 Å². The molecule has 0 radical (unpaired) electrons. The van der Waals surface area contributed by atoms with Crippen LogP contribution in [-0.4, -0.2) is 43.0 Å². The third kappa shape index (κ3) is 4.14. The molecule has 4 heteroatoms. The number of likely N-dealkylation sites (N-methyl/N-ethyl adjacent to an activating group) is 1. The minimum absolute atomic E-state index is 0.